The summed E-state index contributed by atoms with van der Waals surface area (Å²) >= 11 is 0. The van der Waals surface area contributed by atoms with Gasteiger partial charge in [0.25, 0.3) is 5.91 Å². The number of benzene rings is 1. The van der Waals surface area contributed by atoms with Crippen LogP contribution in [0.25, 0.3) is 0 Å². The molecule has 0 aliphatic carbocycles. The zero-order chi connectivity index (χ0) is 14.4. The van der Waals surface area contributed by atoms with Crippen molar-refractivity contribution in [2.75, 3.05) is 13.2 Å². The van der Waals surface area contributed by atoms with Crippen LogP contribution in [0.15, 0.2) is 18.2 Å². The average Bonchev–Trinajstić information content (AvgIpc) is 2.33. The van der Waals surface area contributed by atoms with Gasteiger partial charge in [-0.25, -0.2) is 4.39 Å². The van der Waals surface area contributed by atoms with Gasteiger partial charge in [-0.2, -0.15) is 0 Å². The van der Waals surface area contributed by atoms with E-state index in [1.54, 1.807) is 6.92 Å². The molecule has 1 rings (SSSR count). The number of halogens is 1. The molecular weight excluding hydrogens is 249 g/mol. The van der Waals surface area contributed by atoms with Crippen molar-refractivity contribution in [2.45, 2.75) is 26.9 Å². The van der Waals surface area contributed by atoms with Crippen molar-refractivity contribution in [3.8, 4) is 5.75 Å². The lowest BCUT2D eigenvalue weighted by Gasteiger charge is -2.14. The van der Waals surface area contributed by atoms with E-state index in [1.165, 1.54) is 12.1 Å². The highest BCUT2D eigenvalue weighted by atomic mass is 19.1. The predicted octanol–water partition coefficient (Wildman–Crippen LogP) is 2.03. The SMILES string of the molecule is CC(C)CNC(=O)COc1cc(F)ccc1[C@H](C)O. The third kappa shape index (κ3) is 5.26. The van der Waals surface area contributed by atoms with Gasteiger partial charge < -0.3 is 15.2 Å². The number of carbonyl (C=O) groups is 1. The summed E-state index contributed by atoms with van der Waals surface area (Å²) in [7, 11) is 0. The lowest BCUT2D eigenvalue weighted by molar-refractivity contribution is -0.123. The fourth-order valence-electron chi connectivity index (χ4n) is 1.49. The van der Waals surface area contributed by atoms with Crippen molar-refractivity contribution >= 4 is 5.91 Å². The van der Waals surface area contributed by atoms with Crippen molar-refractivity contribution < 1.29 is 19.0 Å². The Morgan fingerprint density at radius 2 is 2.11 bits per heavy atom. The Morgan fingerprint density at radius 1 is 1.42 bits per heavy atom. The van der Waals surface area contributed by atoms with Gasteiger partial charge in [0.2, 0.25) is 0 Å². The molecule has 1 aromatic carbocycles. The molecule has 1 amide bonds. The third-order valence-corrected chi connectivity index (χ3v) is 2.49. The van der Waals surface area contributed by atoms with Crippen LogP contribution < -0.4 is 10.1 Å². The van der Waals surface area contributed by atoms with Crippen molar-refractivity contribution in [1.82, 2.24) is 5.32 Å². The van der Waals surface area contributed by atoms with Gasteiger partial charge in [0, 0.05) is 18.2 Å². The number of hydrogen-bond donors (Lipinski definition) is 2. The van der Waals surface area contributed by atoms with E-state index in [0.29, 0.717) is 18.0 Å². The number of nitrogens with one attached hydrogen (secondary N) is 1. The first-order chi connectivity index (χ1) is 8.90. The van der Waals surface area contributed by atoms with E-state index in [2.05, 4.69) is 5.32 Å². The molecule has 0 heterocycles. The second-order valence-corrected chi connectivity index (χ2v) is 4.84. The summed E-state index contributed by atoms with van der Waals surface area (Å²) in [6, 6.07) is 3.85. The minimum atomic E-state index is -0.783. The Bertz CT molecular complexity index is 433. The zero-order valence-corrected chi connectivity index (χ0v) is 11.4. The molecule has 0 radical (unpaired) electrons. The molecule has 0 unspecified atom stereocenters. The highest BCUT2D eigenvalue weighted by Gasteiger charge is 2.12. The van der Waals surface area contributed by atoms with E-state index in [4.69, 9.17) is 4.74 Å². The largest absolute Gasteiger partial charge is 0.483 e. The Kier molecular flexibility index (Phi) is 5.76. The van der Waals surface area contributed by atoms with Crippen LogP contribution in [-0.2, 0) is 4.79 Å². The summed E-state index contributed by atoms with van der Waals surface area (Å²) in [5, 5.41) is 12.2. The van der Waals surface area contributed by atoms with Gasteiger partial charge in [-0.15, -0.1) is 0 Å². The summed E-state index contributed by atoms with van der Waals surface area (Å²) in [5.41, 5.74) is 0.457. The van der Waals surface area contributed by atoms with E-state index in [0.717, 1.165) is 6.07 Å². The molecule has 0 aliphatic rings. The van der Waals surface area contributed by atoms with Crippen LogP contribution in [-0.4, -0.2) is 24.2 Å². The van der Waals surface area contributed by atoms with Gasteiger partial charge in [-0.05, 0) is 25.0 Å². The maximum atomic E-state index is 13.1. The van der Waals surface area contributed by atoms with E-state index >= 15 is 0 Å². The van der Waals surface area contributed by atoms with E-state index in [-0.39, 0.29) is 18.3 Å². The summed E-state index contributed by atoms with van der Waals surface area (Å²) in [6.45, 7) is 5.89. The molecule has 5 heteroatoms. The molecule has 1 aromatic rings. The molecule has 2 N–H and O–H groups in total. The van der Waals surface area contributed by atoms with Gasteiger partial charge in [-0.1, -0.05) is 13.8 Å². The molecule has 106 valence electrons. The summed E-state index contributed by atoms with van der Waals surface area (Å²) in [4.78, 5) is 11.5. The molecule has 0 saturated heterocycles. The van der Waals surface area contributed by atoms with Crippen LogP contribution in [0.4, 0.5) is 4.39 Å². The second kappa shape index (κ2) is 7.09. The normalized spacial score (nSPS) is 12.3. The fraction of sp³-hybridized carbons (Fsp3) is 0.500. The van der Waals surface area contributed by atoms with Gasteiger partial charge in [0.1, 0.15) is 11.6 Å². The summed E-state index contributed by atoms with van der Waals surface area (Å²) in [5.74, 6) is -0.197. The fourth-order valence-corrected chi connectivity index (χ4v) is 1.49. The van der Waals surface area contributed by atoms with Crippen LogP contribution in [0.5, 0.6) is 5.75 Å². The number of hydrogen-bond acceptors (Lipinski definition) is 3. The molecule has 4 nitrogen and oxygen atoms in total. The maximum absolute atomic E-state index is 13.1. The number of ether oxygens (including phenoxy) is 1. The minimum Gasteiger partial charge on any atom is -0.483 e. The maximum Gasteiger partial charge on any atom is 0.257 e. The van der Waals surface area contributed by atoms with Gasteiger partial charge in [-0.3, -0.25) is 4.79 Å². The van der Waals surface area contributed by atoms with Crippen LogP contribution in [0.2, 0.25) is 0 Å². The molecular formula is C14H20FNO3. The van der Waals surface area contributed by atoms with Crippen molar-refractivity contribution in [1.29, 1.82) is 0 Å². The first-order valence-electron chi connectivity index (χ1n) is 6.27. The summed E-state index contributed by atoms with van der Waals surface area (Å²) in [6.07, 6.45) is -0.783. The van der Waals surface area contributed by atoms with Gasteiger partial charge >= 0.3 is 0 Å². The van der Waals surface area contributed by atoms with E-state index < -0.39 is 11.9 Å². The topological polar surface area (TPSA) is 58.6 Å². The Labute approximate surface area is 112 Å². The molecule has 1 atom stereocenters. The monoisotopic (exact) mass is 269 g/mol. The molecule has 0 fully saturated rings. The van der Waals surface area contributed by atoms with E-state index in [1.807, 2.05) is 13.8 Å². The van der Waals surface area contributed by atoms with E-state index in [9.17, 15) is 14.3 Å². The Morgan fingerprint density at radius 3 is 2.68 bits per heavy atom. The average molecular weight is 269 g/mol. The predicted molar refractivity (Wildman–Crippen MR) is 70.4 cm³/mol. The number of aliphatic hydroxyl groups excluding tert-OH is 1. The Balaban J connectivity index is 2.61. The van der Waals surface area contributed by atoms with Gasteiger partial charge in [0.05, 0.1) is 6.10 Å². The molecule has 0 spiro atoms. The standard InChI is InChI=1S/C14H20FNO3/c1-9(2)7-16-14(18)8-19-13-6-11(15)4-5-12(13)10(3)17/h4-6,9-10,17H,7-8H2,1-3H3,(H,16,18)/t10-/m0/s1. The summed E-state index contributed by atoms with van der Waals surface area (Å²) < 4.78 is 18.4. The first kappa shape index (κ1) is 15.4. The smallest absolute Gasteiger partial charge is 0.257 e. The molecule has 19 heavy (non-hydrogen) atoms. The number of carbonyl (C=O) groups excluding carboxylic acids is 1. The van der Waals surface area contributed by atoms with Crippen LogP contribution in [0.1, 0.15) is 32.4 Å². The highest BCUT2D eigenvalue weighted by molar-refractivity contribution is 5.77. The van der Waals surface area contributed by atoms with Crippen LogP contribution in [0, 0.1) is 11.7 Å². The van der Waals surface area contributed by atoms with Crippen LogP contribution >= 0.6 is 0 Å². The number of rotatable bonds is 6. The second-order valence-electron chi connectivity index (χ2n) is 4.84. The van der Waals surface area contributed by atoms with Crippen molar-refractivity contribution in [3.05, 3.63) is 29.6 Å². The molecule has 0 saturated carbocycles. The lowest BCUT2D eigenvalue weighted by Crippen LogP contribution is -2.31. The minimum absolute atomic E-state index is 0.190. The molecule has 0 aromatic heterocycles. The zero-order valence-electron chi connectivity index (χ0n) is 11.4. The van der Waals surface area contributed by atoms with Crippen molar-refractivity contribution in [2.24, 2.45) is 5.92 Å². The lowest BCUT2D eigenvalue weighted by atomic mass is 10.1. The highest BCUT2D eigenvalue weighted by Crippen LogP contribution is 2.25. The third-order valence-electron chi connectivity index (χ3n) is 2.49. The number of aliphatic hydroxyl groups is 1. The first-order valence-corrected chi connectivity index (χ1v) is 6.27. The Hall–Kier alpha value is -1.62. The molecule has 0 bridgehead atoms. The molecule has 0 aliphatic heterocycles. The van der Waals surface area contributed by atoms with Crippen LogP contribution in [0.3, 0.4) is 0 Å². The number of amides is 1. The quantitative estimate of drug-likeness (QED) is 0.830. The van der Waals surface area contributed by atoms with Crippen molar-refractivity contribution in [3.63, 3.8) is 0 Å². The van der Waals surface area contributed by atoms with Gasteiger partial charge in [0.15, 0.2) is 6.61 Å².